The van der Waals surface area contributed by atoms with E-state index in [9.17, 15) is 14.4 Å². The van der Waals surface area contributed by atoms with Gasteiger partial charge in [0.25, 0.3) is 5.91 Å². The molecule has 1 aliphatic rings. The van der Waals surface area contributed by atoms with Gasteiger partial charge in [0.2, 0.25) is 0 Å². The molecule has 188 valence electrons. The van der Waals surface area contributed by atoms with Crippen LogP contribution in [0.15, 0.2) is 60.7 Å². The minimum Gasteiger partial charge on any atom is -0.462 e. The lowest BCUT2D eigenvalue weighted by Gasteiger charge is -2.20. The molecule has 1 heterocycles. The van der Waals surface area contributed by atoms with Crippen LogP contribution in [0.3, 0.4) is 0 Å². The number of anilines is 1. The smallest absolute Gasteiger partial charge is 0.341 e. The van der Waals surface area contributed by atoms with Crippen molar-refractivity contribution < 1.29 is 23.9 Å². The maximum absolute atomic E-state index is 13.3. The first kappa shape index (κ1) is 25.6. The Morgan fingerprint density at radius 2 is 1.64 bits per heavy atom. The molecule has 0 aliphatic heterocycles. The molecule has 0 radical (unpaired) electrons. The van der Waals surface area contributed by atoms with Crippen LogP contribution in [-0.2, 0) is 31.9 Å². The summed E-state index contributed by atoms with van der Waals surface area (Å²) in [6.45, 7) is 5.73. The fraction of sp³-hybridized carbons (Fsp3) is 0.345. The van der Waals surface area contributed by atoms with Crippen molar-refractivity contribution in [2.45, 2.75) is 52.1 Å². The summed E-state index contributed by atoms with van der Waals surface area (Å²) < 4.78 is 10.9. The predicted molar refractivity (Wildman–Crippen MR) is 140 cm³/mol. The molecule has 4 rings (SSSR count). The molecule has 3 aromatic rings. The lowest BCUT2D eigenvalue weighted by molar-refractivity contribution is -0.153. The van der Waals surface area contributed by atoms with Crippen LogP contribution in [0, 0.1) is 5.92 Å². The molecule has 1 N–H and O–H groups in total. The van der Waals surface area contributed by atoms with Gasteiger partial charge >= 0.3 is 11.9 Å². The molecule has 0 unspecified atom stereocenters. The summed E-state index contributed by atoms with van der Waals surface area (Å²) in [6, 6.07) is 18.7. The van der Waals surface area contributed by atoms with Crippen molar-refractivity contribution in [1.82, 2.24) is 0 Å². The van der Waals surface area contributed by atoms with E-state index in [-0.39, 0.29) is 6.61 Å². The van der Waals surface area contributed by atoms with E-state index >= 15 is 0 Å². The molecule has 0 saturated carbocycles. The quantitative estimate of drug-likeness (QED) is 0.394. The first-order chi connectivity index (χ1) is 17.4. The summed E-state index contributed by atoms with van der Waals surface area (Å²) in [5, 5.41) is 3.31. The van der Waals surface area contributed by atoms with Crippen LogP contribution >= 0.6 is 11.3 Å². The van der Waals surface area contributed by atoms with E-state index in [1.165, 1.54) is 11.3 Å². The number of fused-ring (bicyclic) bond motifs is 1. The van der Waals surface area contributed by atoms with Crippen LogP contribution < -0.4 is 5.32 Å². The Balaban J connectivity index is 1.53. The van der Waals surface area contributed by atoms with E-state index < -0.39 is 29.9 Å². The number of hydrogen-bond donors (Lipinski definition) is 1. The molecular formula is C29H31NO5S. The molecule has 0 fully saturated rings. The summed E-state index contributed by atoms with van der Waals surface area (Å²) in [7, 11) is 0. The van der Waals surface area contributed by atoms with Gasteiger partial charge in [-0.15, -0.1) is 11.3 Å². The summed E-state index contributed by atoms with van der Waals surface area (Å²) >= 11 is 1.41. The van der Waals surface area contributed by atoms with Crippen molar-refractivity contribution in [1.29, 1.82) is 0 Å². The number of carbonyl (C=O) groups excluding carboxylic acids is 3. The normalized spacial score (nSPS) is 15.6. The van der Waals surface area contributed by atoms with Gasteiger partial charge in [0.05, 0.1) is 12.2 Å². The number of amides is 1. The molecule has 36 heavy (non-hydrogen) atoms. The van der Waals surface area contributed by atoms with E-state index in [0.717, 1.165) is 40.8 Å². The number of benzene rings is 2. The Morgan fingerprint density at radius 1 is 1.03 bits per heavy atom. The molecule has 2 aromatic carbocycles. The van der Waals surface area contributed by atoms with Gasteiger partial charge in [0, 0.05) is 4.88 Å². The topological polar surface area (TPSA) is 81.7 Å². The number of thiophene rings is 1. The zero-order valence-corrected chi connectivity index (χ0v) is 21.6. The van der Waals surface area contributed by atoms with Gasteiger partial charge in [0.1, 0.15) is 10.9 Å². The Labute approximate surface area is 215 Å². The highest BCUT2D eigenvalue weighted by Gasteiger charge is 2.32. The van der Waals surface area contributed by atoms with Crippen molar-refractivity contribution in [3.05, 3.63) is 87.8 Å². The third-order valence-electron chi connectivity index (χ3n) is 6.39. The highest BCUT2D eigenvalue weighted by atomic mass is 32.1. The average molecular weight is 506 g/mol. The molecule has 7 heteroatoms. The van der Waals surface area contributed by atoms with Crippen LogP contribution in [0.4, 0.5) is 5.00 Å². The minimum atomic E-state index is -1.06. The first-order valence-corrected chi connectivity index (χ1v) is 13.1. The molecular weight excluding hydrogens is 474 g/mol. The van der Waals surface area contributed by atoms with Crippen LogP contribution in [0.2, 0.25) is 0 Å². The van der Waals surface area contributed by atoms with Crippen molar-refractivity contribution >= 4 is 34.2 Å². The maximum atomic E-state index is 13.3. The second-order valence-electron chi connectivity index (χ2n) is 9.10. The Bertz CT molecular complexity index is 1180. The van der Waals surface area contributed by atoms with Gasteiger partial charge < -0.3 is 14.8 Å². The fourth-order valence-electron chi connectivity index (χ4n) is 4.52. The molecule has 1 aromatic heterocycles. The van der Waals surface area contributed by atoms with E-state index in [1.54, 1.807) is 13.8 Å². The van der Waals surface area contributed by atoms with E-state index in [0.29, 0.717) is 16.5 Å². The summed E-state index contributed by atoms with van der Waals surface area (Å²) in [5.74, 6) is -1.58. The third kappa shape index (κ3) is 5.68. The van der Waals surface area contributed by atoms with Gasteiger partial charge in [-0.3, -0.25) is 9.59 Å². The van der Waals surface area contributed by atoms with E-state index in [1.807, 2.05) is 60.7 Å². The Morgan fingerprint density at radius 3 is 2.22 bits per heavy atom. The number of ether oxygens (including phenoxy) is 2. The second-order valence-corrected chi connectivity index (χ2v) is 10.2. The van der Waals surface area contributed by atoms with Gasteiger partial charge in [0.15, 0.2) is 6.10 Å². The molecule has 0 saturated heterocycles. The first-order valence-electron chi connectivity index (χ1n) is 12.3. The predicted octanol–water partition coefficient (Wildman–Crippen LogP) is 5.75. The van der Waals surface area contributed by atoms with Crippen molar-refractivity contribution in [2.75, 3.05) is 11.9 Å². The van der Waals surface area contributed by atoms with Crippen LogP contribution in [0.5, 0.6) is 0 Å². The molecule has 6 nitrogen and oxygen atoms in total. The number of rotatable bonds is 8. The monoisotopic (exact) mass is 505 g/mol. The van der Waals surface area contributed by atoms with E-state index in [2.05, 4.69) is 12.2 Å². The van der Waals surface area contributed by atoms with Crippen molar-refractivity contribution in [2.24, 2.45) is 5.92 Å². The maximum Gasteiger partial charge on any atom is 0.341 e. The number of carbonyl (C=O) groups is 3. The molecule has 1 aliphatic carbocycles. The standard InChI is InChI=1S/C29H31NO5S/c1-4-34-28(32)25-22-16-15-18(2)17-23(22)36-27(25)30-26(31)19(3)35-29(33)24(20-11-7-5-8-12-20)21-13-9-6-10-14-21/h5-14,18-19,24H,4,15-17H2,1-3H3,(H,30,31)/t18-,19-/m0/s1. The number of esters is 2. The fourth-order valence-corrected chi connectivity index (χ4v) is 5.92. The summed E-state index contributed by atoms with van der Waals surface area (Å²) in [6.07, 6.45) is 1.57. The Kier molecular flexibility index (Phi) is 8.21. The lowest BCUT2D eigenvalue weighted by atomic mass is 9.88. The van der Waals surface area contributed by atoms with Gasteiger partial charge in [-0.25, -0.2) is 4.79 Å². The molecule has 2 atom stereocenters. The van der Waals surface area contributed by atoms with Gasteiger partial charge in [-0.2, -0.15) is 0 Å². The largest absolute Gasteiger partial charge is 0.462 e. The van der Waals surface area contributed by atoms with Crippen LogP contribution in [-0.4, -0.2) is 30.6 Å². The zero-order valence-electron chi connectivity index (χ0n) is 20.8. The molecule has 0 spiro atoms. The highest BCUT2D eigenvalue weighted by molar-refractivity contribution is 7.17. The van der Waals surface area contributed by atoms with Crippen molar-refractivity contribution in [3.8, 4) is 0 Å². The molecule has 0 bridgehead atoms. The lowest BCUT2D eigenvalue weighted by Crippen LogP contribution is -2.32. The number of nitrogens with one attached hydrogen (secondary N) is 1. The van der Waals surface area contributed by atoms with Crippen LogP contribution in [0.1, 0.15) is 65.0 Å². The summed E-state index contributed by atoms with van der Waals surface area (Å²) in [5.41, 5.74) is 2.96. The SMILES string of the molecule is CCOC(=O)c1c(NC(=O)[C@H](C)OC(=O)C(c2ccccc2)c2ccccc2)sc2c1CC[C@H](C)C2. The number of hydrogen-bond acceptors (Lipinski definition) is 6. The van der Waals surface area contributed by atoms with Crippen LogP contribution in [0.25, 0.3) is 0 Å². The minimum absolute atomic E-state index is 0.252. The summed E-state index contributed by atoms with van der Waals surface area (Å²) in [4.78, 5) is 40.3. The second kappa shape index (κ2) is 11.5. The molecule has 1 amide bonds. The zero-order chi connectivity index (χ0) is 25.7. The van der Waals surface area contributed by atoms with Gasteiger partial charge in [-0.05, 0) is 55.7 Å². The van der Waals surface area contributed by atoms with Crippen molar-refractivity contribution in [3.63, 3.8) is 0 Å². The average Bonchev–Trinajstić information content (AvgIpc) is 3.22. The third-order valence-corrected chi connectivity index (χ3v) is 7.56. The van der Waals surface area contributed by atoms with E-state index in [4.69, 9.17) is 9.47 Å². The van der Waals surface area contributed by atoms with Gasteiger partial charge in [-0.1, -0.05) is 67.6 Å². The Hall–Kier alpha value is -3.45. The highest BCUT2D eigenvalue weighted by Crippen LogP contribution is 2.40.